The molecule has 2 unspecified atom stereocenters. The number of hydrogen-bond acceptors (Lipinski definition) is 4. The van der Waals surface area contributed by atoms with Crippen LogP contribution in [0.15, 0.2) is 188 Å². The number of ether oxygens (including phenoxy) is 1. The monoisotopic (exact) mass is 703 g/mol. The largest absolute Gasteiger partial charge is 0.484 e. The van der Waals surface area contributed by atoms with E-state index in [-0.39, 0.29) is 12.0 Å². The predicted octanol–water partition coefficient (Wildman–Crippen LogP) is 12.5. The summed E-state index contributed by atoms with van der Waals surface area (Å²) in [5.41, 5.74) is 8.81. The van der Waals surface area contributed by atoms with Crippen LogP contribution >= 0.6 is 0 Å². The molecule has 11 rings (SSSR count). The van der Waals surface area contributed by atoms with Gasteiger partial charge < -0.3 is 4.74 Å². The lowest BCUT2D eigenvalue weighted by Gasteiger charge is -2.24. The lowest BCUT2D eigenvalue weighted by atomic mass is 9.79. The molecule has 4 heteroatoms. The van der Waals surface area contributed by atoms with Crippen molar-refractivity contribution in [3.8, 4) is 51.0 Å². The highest BCUT2D eigenvalue weighted by Crippen LogP contribution is 2.53. The molecule has 2 aliphatic rings. The number of para-hydroxylation sites is 1. The molecule has 1 aliphatic heterocycles. The molecule has 8 aromatic carbocycles. The molecular formula is C51H33N3O. The van der Waals surface area contributed by atoms with E-state index in [0.29, 0.717) is 17.5 Å². The van der Waals surface area contributed by atoms with Gasteiger partial charge in [-0.25, -0.2) is 15.0 Å². The molecule has 258 valence electrons. The van der Waals surface area contributed by atoms with E-state index in [9.17, 15) is 0 Å². The Morgan fingerprint density at radius 1 is 0.418 bits per heavy atom. The molecule has 1 aliphatic carbocycles. The minimum Gasteiger partial charge on any atom is -0.484 e. The maximum absolute atomic E-state index is 6.88. The second-order valence-electron chi connectivity index (χ2n) is 14.3. The zero-order valence-corrected chi connectivity index (χ0v) is 29.8. The van der Waals surface area contributed by atoms with Crippen molar-refractivity contribution in [3.63, 3.8) is 0 Å². The van der Waals surface area contributed by atoms with E-state index >= 15 is 0 Å². The Morgan fingerprint density at radius 2 is 1.05 bits per heavy atom. The zero-order chi connectivity index (χ0) is 36.3. The van der Waals surface area contributed by atoms with Crippen molar-refractivity contribution in [1.82, 2.24) is 15.0 Å². The molecule has 0 bridgehead atoms. The lowest BCUT2D eigenvalue weighted by molar-refractivity contribution is 0.272. The summed E-state index contributed by atoms with van der Waals surface area (Å²) in [6.07, 6.45) is 6.50. The number of allylic oxidation sites excluding steroid dienone is 2. The van der Waals surface area contributed by atoms with E-state index in [1.54, 1.807) is 0 Å². The standard InChI is InChI=1S/C51H33N3O/c1-2-15-34(16-3-1)49-52-50(36-28-27-32-13-4-5-17-35(32)31-36)54-51(53-49)44-30-29-41(39-20-8-9-21-40(39)44)42-23-12-26-46-47(42)45-25-11-24-43(48(45)55-46)38-22-10-18-33-14-6-7-19-37(33)38/h1-31,46-47H. The Balaban J connectivity index is 1.05. The van der Waals surface area contributed by atoms with Crippen LogP contribution in [-0.2, 0) is 0 Å². The molecule has 0 spiro atoms. The van der Waals surface area contributed by atoms with E-state index < -0.39 is 0 Å². The van der Waals surface area contributed by atoms with E-state index in [0.717, 1.165) is 44.2 Å². The second-order valence-corrected chi connectivity index (χ2v) is 14.3. The molecule has 4 nitrogen and oxygen atoms in total. The van der Waals surface area contributed by atoms with Gasteiger partial charge in [-0.2, -0.15) is 0 Å². The number of fused-ring (bicyclic) bond motifs is 6. The summed E-state index contributed by atoms with van der Waals surface area (Å²) in [6, 6.07) is 59.7. The molecule has 0 saturated heterocycles. The first-order valence-corrected chi connectivity index (χ1v) is 18.8. The zero-order valence-electron chi connectivity index (χ0n) is 29.8. The fraction of sp³-hybridized carbons (Fsp3) is 0.0392. The van der Waals surface area contributed by atoms with Crippen LogP contribution in [0.25, 0.3) is 83.2 Å². The maximum atomic E-state index is 6.88. The van der Waals surface area contributed by atoms with Crippen molar-refractivity contribution >= 4 is 37.9 Å². The highest BCUT2D eigenvalue weighted by molar-refractivity contribution is 6.04. The Hall–Kier alpha value is -7.17. The molecule has 9 aromatic rings. The molecule has 2 atom stereocenters. The van der Waals surface area contributed by atoms with Crippen molar-refractivity contribution in [3.05, 3.63) is 199 Å². The van der Waals surface area contributed by atoms with E-state index in [2.05, 4.69) is 170 Å². The molecule has 55 heavy (non-hydrogen) atoms. The van der Waals surface area contributed by atoms with Gasteiger partial charge in [0.2, 0.25) is 0 Å². The molecule has 0 saturated carbocycles. The first-order valence-electron chi connectivity index (χ1n) is 18.8. The molecular weight excluding hydrogens is 671 g/mol. The van der Waals surface area contributed by atoms with Gasteiger partial charge in [0.05, 0.1) is 5.92 Å². The van der Waals surface area contributed by atoms with Gasteiger partial charge in [0.1, 0.15) is 11.9 Å². The van der Waals surface area contributed by atoms with Crippen molar-refractivity contribution < 1.29 is 4.74 Å². The fourth-order valence-electron chi connectivity index (χ4n) is 8.53. The van der Waals surface area contributed by atoms with Gasteiger partial charge in [0.15, 0.2) is 17.5 Å². The minimum atomic E-state index is -0.106. The predicted molar refractivity (Wildman–Crippen MR) is 225 cm³/mol. The van der Waals surface area contributed by atoms with Crippen LogP contribution in [-0.4, -0.2) is 21.1 Å². The molecule has 0 N–H and O–H groups in total. The third-order valence-electron chi connectivity index (χ3n) is 11.1. The van der Waals surface area contributed by atoms with Crippen LogP contribution in [0.4, 0.5) is 0 Å². The van der Waals surface area contributed by atoms with E-state index in [1.807, 2.05) is 18.2 Å². The van der Waals surface area contributed by atoms with Gasteiger partial charge in [-0.1, -0.05) is 170 Å². The molecule has 0 fully saturated rings. The minimum absolute atomic E-state index is 0.0468. The summed E-state index contributed by atoms with van der Waals surface area (Å²) < 4.78 is 6.88. The molecule has 1 aromatic heterocycles. The summed E-state index contributed by atoms with van der Waals surface area (Å²) in [6.45, 7) is 0. The van der Waals surface area contributed by atoms with Gasteiger partial charge in [-0.05, 0) is 67.2 Å². The normalized spacial score (nSPS) is 15.8. The van der Waals surface area contributed by atoms with Gasteiger partial charge >= 0.3 is 0 Å². The third kappa shape index (κ3) is 5.25. The van der Waals surface area contributed by atoms with Crippen molar-refractivity contribution in [2.45, 2.75) is 12.0 Å². The van der Waals surface area contributed by atoms with Crippen LogP contribution in [0.1, 0.15) is 17.0 Å². The van der Waals surface area contributed by atoms with Gasteiger partial charge in [-0.3, -0.25) is 0 Å². The fourth-order valence-corrected chi connectivity index (χ4v) is 8.53. The first kappa shape index (κ1) is 31.4. The number of rotatable bonds is 5. The second kappa shape index (κ2) is 12.8. The van der Waals surface area contributed by atoms with Crippen LogP contribution < -0.4 is 4.74 Å². The topological polar surface area (TPSA) is 47.9 Å². The smallest absolute Gasteiger partial charge is 0.164 e. The van der Waals surface area contributed by atoms with Crippen molar-refractivity contribution in [1.29, 1.82) is 0 Å². The van der Waals surface area contributed by atoms with Crippen molar-refractivity contribution in [2.24, 2.45) is 0 Å². The van der Waals surface area contributed by atoms with Gasteiger partial charge in [0.25, 0.3) is 0 Å². The van der Waals surface area contributed by atoms with Gasteiger partial charge in [0, 0.05) is 27.8 Å². The highest BCUT2D eigenvalue weighted by Gasteiger charge is 2.39. The molecule has 0 amide bonds. The SMILES string of the molecule is C1=CC2Oc3c(-c4cccc5ccccc45)cccc3C2C(c2ccc(-c3nc(-c4ccccc4)nc(-c4ccc5ccccc5c4)n3)c3ccccc23)=C1. The van der Waals surface area contributed by atoms with Crippen LogP contribution in [0.5, 0.6) is 5.75 Å². The van der Waals surface area contributed by atoms with Crippen LogP contribution in [0.3, 0.4) is 0 Å². The number of nitrogens with zero attached hydrogens (tertiary/aromatic N) is 3. The number of aromatic nitrogens is 3. The van der Waals surface area contributed by atoms with Crippen LogP contribution in [0, 0.1) is 0 Å². The van der Waals surface area contributed by atoms with E-state index in [4.69, 9.17) is 19.7 Å². The van der Waals surface area contributed by atoms with Crippen LogP contribution in [0.2, 0.25) is 0 Å². The molecule has 2 heterocycles. The van der Waals surface area contributed by atoms with E-state index in [1.165, 1.54) is 38.4 Å². The molecule has 0 radical (unpaired) electrons. The lowest BCUT2D eigenvalue weighted by Crippen LogP contribution is -2.19. The number of benzene rings is 8. The summed E-state index contributed by atoms with van der Waals surface area (Å²) in [7, 11) is 0. The maximum Gasteiger partial charge on any atom is 0.164 e. The average Bonchev–Trinajstić information content (AvgIpc) is 3.65. The third-order valence-corrected chi connectivity index (χ3v) is 11.1. The summed E-state index contributed by atoms with van der Waals surface area (Å²) >= 11 is 0. The first-order chi connectivity index (χ1) is 27.3. The Kier molecular flexibility index (Phi) is 7.27. The van der Waals surface area contributed by atoms with Gasteiger partial charge in [-0.15, -0.1) is 0 Å². The Bertz CT molecular complexity index is 3030. The quantitative estimate of drug-likeness (QED) is 0.179. The summed E-state index contributed by atoms with van der Waals surface area (Å²) in [4.78, 5) is 15.3. The Labute approximate surface area is 318 Å². The Morgan fingerprint density at radius 3 is 1.91 bits per heavy atom. The number of hydrogen-bond donors (Lipinski definition) is 0. The highest BCUT2D eigenvalue weighted by atomic mass is 16.5. The summed E-state index contributed by atoms with van der Waals surface area (Å²) in [5.74, 6) is 2.95. The summed E-state index contributed by atoms with van der Waals surface area (Å²) in [5, 5.41) is 7.01. The van der Waals surface area contributed by atoms with Crippen molar-refractivity contribution in [2.75, 3.05) is 0 Å². The average molecular weight is 704 g/mol.